The number of ether oxygens (including phenoxy) is 1. The van der Waals surface area contributed by atoms with Gasteiger partial charge in [0.05, 0.1) is 11.7 Å². The largest absolute Gasteiger partial charge is 0.375 e. The van der Waals surface area contributed by atoms with E-state index < -0.39 is 0 Å². The molecule has 1 amide bonds. The Balaban J connectivity index is 2.45. The molecule has 0 bridgehead atoms. The van der Waals surface area contributed by atoms with Gasteiger partial charge in [0.1, 0.15) is 6.61 Å². The van der Waals surface area contributed by atoms with E-state index >= 15 is 0 Å². The Labute approximate surface area is 135 Å². The van der Waals surface area contributed by atoms with Crippen LogP contribution in [0.4, 0.5) is 0 Å². The predicted molar refractivity (Wildman–Crippen MR) is 86.8 cm³/mol. The van der Waals surface area contributed by atoms with Crippen molar-refractivity contribution in [3.63, 3.8) is 0 Å². The van der Waals surface area contributed by atoms with E-state index in [9.17, 15) is 4.79 Å². The summed E-state index contributed by atoms with van der Waals surface area (Å²) < 4.78 is 4.99. The summed E-state index contributed by atoms with van der Waals surface area (Å²) in [6, 6.07) is 12.9. The van der Waals surface area contributed by atoms with Gasteiger partial charge in [-0.2, -0.15) is 0 Å². The molecular weight excluding hydrogens is 300 g/mol. The molecule has 0 saturated heterocycles. The number of amides is 1. The van der Waals surface area contributed by atoms with Gasteiger partial charge in [0.15, 0.2) is 0 Å². The van der Waals surface area contributed by atoms with E-state index in [2.05, 4.69) is 4.98 Å². The first-order valence-electron chi connectivity index (χ1n) is 7.12. The summed E-state index contributed by atoms with van der Waals surface area (Å²) in [6.45, 7) is 2.55. The molecule has 0 unspecified atom stereocenters. The molecule has 116 valence electrons. The molecule has 1 aromatic heterocycles. The van der Waals surface area contributed by atoms with Crippen molar-refractivity contribution in [2.24, 2.45) is 0 Å². The van der Waals surface area contributed by atoms with E-state index in [4.69, 9.17) is 16.3 Å². The van der Waals surface area contributed by atoms with Crippen LogP contribution in [-0.4, -0.2) is 36.1 Å². The summed E-state index contributed by atoms with van der Waals surface area (Å²) in [6.07, 6.45) is 1.73. The predicted octanol–water partition coefficient (Wildman–Crippen LogP) is 3.32. The summed E-state index contributed by atoms with van der Waals surface area (Å²) in [4.78, 5) is 18.6. The fraction of sp³-hybridized carbons (Fsp3) is 0.294. The summed E-state index contributed by atoms with van der Waals surface area (Å²) in [5.74, 6) is -0.0735. The summed E-state index contributed by atoms with van der Waals surface area (Å²) >= 11 is 5.97. The molecule has 2 aromatic rings. The standard InChI is InChI=1S/C17H19ClN2O2/c1-3-20(16(21)12-22-2)17(15-6-4-5-11-19-15)13-7-9-14(18)10-8-13/h4-11,17H,3,12H2,1-2H3/t17-/m1/s1. The second-order valence-corrected chi connectivity index (χ2v) is 5.26. The molecule has 0 fully saturated rings. The third-order valence-corrected chi connectivity index (χ3v) is 3.65. The van der Waals surface area contributed by atoms with Gasteiger partial charge >= 0.3 is 0 Å². The minimum absolute atomic E-state index is 0.0464. The lowest BCUT2D eigenvalue weighted by molar-refractivity contribution is -0.136. The van der Waals surface area contributed by atoms with E-state index in [0.29, 0.717) is 11.6 Å². The van der Waals surface area contributed by atoms with Crippen LogP contribution in [0.5, 0.6) is 0 Å². The molecule has 0 aliphatic rings. The van der Waals surface area contributed by atoms with Gasteiger partial charge in [-0.05, 0) is 36.8 Å². The molecule has 1 atom stereocenters. The molecule has 0 aliphatic carbocycles. The third kappa shape index (κ3) is 3.84. The quantitative estimate of drug-likeness (QED) is 0.820. The molecule has 0 radical (unpaired) electrons. The second-order valence-electron chi connectivity index (χ2n) is 4.82. The number of likely N-dealkylation sites (N-methyl/N-ethyl adjacent to an activating group) is 1. The van der Waals surface area contributed by atoms with Crippen LogP contribution in [-0.2, 0) is 9.53 Å². The second kappa shape index (κ2) is 7.92. The highest BCUT2D eigenvalue weighted by Crippen LogP contribution is 2.28. The topological polar surface area (TPSA) is 42.4 Å². The monoisotopic (exact) mass is 318 g/mol. The van der Waals surface area contributed by atoms with Crippen molar-refractivity contribution in [1.29, 1.82) is 0 Å². The first-order chi connectivity index (χ1) is 10.7. The number of pyridine rings is 1. The van der Waals surface area contributed by atoms with Gasteiger partial charge in [0, 0.05) is 24.9 Å². The van der Waals surface area contributed by atoms with Crippen molar-refractivity contribution >= 4 is 17.5 Å². The highest BCUT2D eigenvalue weighted by molar-refractivity contribution is 6.30. The zero-order valence-corrected chi connectivity index (χ0v) is 13.5. The summed E-state index contributed by atoms with van der Waals surface area (Å²) in [7, 11) is 1.52. The fourth-order valence-corrected chi connectivity index (χ4v) is 2.53. The number of halogens is 1. The maximum atomic E-state index is 12.4. The molecule has 0 spiro atoms. The Kier molecular flexibility index (Phi) is 5.92. The van der Waals surface area contributed by atoms with Crippen molar-refractivity contribution in [2.45, 2.75) is 13.0 Å². The first-order valence-corrected chi connectivity index (χ1v) is 7.50. The van der Waals surface area contributed by atoms with Crippen LogP contribution in [0, 0.1) is 0 Å². The number of carbonyl (C=O) groups excluding carboxylic acids is 1. The van der Waals surface area contributed by atoms with Crippen LogP contribution in [0.1, 0.15) is 24.2 Å². The Morgan fingerprint density at radius 1 is 1.27 bits per heavy atom. The van der Waals surface area contributed by atoms with Crippen molar-refractivity contribution in [3.8, 4) is 0 Å². The smallest absolute Gasteiger partial charge is 0.249 e. The van der Waals surface area contributed by atoms with Crippen molar-refractivity contribution in [2.75, 3.05) is 20.3 Å². The first kappa shape index (κ1) is 16.5. The van der Waals surface area contributed by atoms with E-state index in [1.165, 1.54) is 7.11 Å². The summed E-state index contributed by atoms with van der Waals surface area (Å²) in [5, 5.41) is 0.662. The minimum Gasteiger partial charge on any atom is -0.375 e. The normalized spacial score (nSPS) is 12.0. The molecule has 1 heterocycles. The molecule has 4 nitrogen and oxygen atoms in total. The fourth-order valence-electron chi connectivity index (χ4n) is 2.40. The van der Waals surface area contributed by atoms with Crippen molar-refractivity contribution in [3.05, 3.63) is 64.9 Å². The van der Waals surface area contributed by atoms with Gasteiger partial charge in [-0.15, -0.1) is 0 Å². The van der Waals surface area contributed by atoms with Crippen LogP contribution in [0.25, 0.3) is 0 Å². The lowest BCUT2D eigenvalue weighted by Gasteiger charge is -2.31. The molecule has 0 aliphatic heterocycles. The number of nitrogens with zero attached hydrogens (tertiary/aromatic N) is 2. The van der Waals surface area contributed by atoms with Gasteiger partial charge in [-0.1, -0.05) is 29.8 Å². The average Bonchev–Trinajstić information content (AvgIpc) is 2.54. The third-order valence-electron chi connectivity index (χ3n) is 3.39. The molecule has 22 heavy (non-hydrogen) atoms. The number of benzene rings is 1. The number of carbonyl (C=O) groups is 1. The molecular formula is C17H19ClN2O2. The SMILES string of the molecule is CCN(C(=O)COC)[C@H](c1ccc(Cl)cc1)c1ccccn1. The van der Waals surface area contributed by atoms with Crippen LogP contribution >= 0.6 is 11.6 Å². The molecule has 0 N–H and O–H groups in total. The van der Waals surface area contributed by atoms with Gasteiger partial charge in [0.2, 0.25) is 5.91 Å². The molecule has 5 heteroatoms. The number of aromatic nitrogens is 1. The van der Waals surface area contributed by atoms with E-state index in [1.807, 2.05) is 49.4 Å². The Hall–Kier alpha value is -1.91. The van der Waals surface area contributed by atoms with Gasteiger partial charge in [-0.3, -0.25) is 9.78 Å². The van der Waals surface area contributed by atoms with Crippen LogP contribution in [0.15, 0.2) is 48.7 Å². The van der Waals surface area contributed by atoms with Crippen molar-refractivity contribution < 1.29 is 9.53 Å². The van der Waals surface area contributed by atoms with Crippen LogP contribution < -0.4 is 0 Å². The Morgan fingerprint density at radius 3 is 2.55 bits per heavy atom. The molecule has 0 saturated carbocycles. The van der Waals surface area contributed by atoms with E-state index in [0.717, 1.165) is 11.3 Å². The number of hydrogen-bond acceptors (Lipinski definition) is 3. The minimum atomic E-state index is -0.258. The Morgan fingerprint density at radius 2 is 2.00 bits per heavy atom. The summed E-state index contributed by atoms with van der Waals surface area (Å²) in [5.41, 5.74) is 1.78. The maximum Gasteiger partial charge on any atom is 0.249 e. The zero-order valence-electron chi connectivity index (χ0n) is 12.7. The number of hydrogen-bond donors (Lipinski definition) is 0. The highest BCUT2D eigenvalue weighted by atomic mass is 35.5. The molecule has 1 aromatic carbocycles. The number of rotatable bonds is 6. The highest BCUT2D eigenvalue weighted by Gasteiger charge is 2.26. The van der Waals surface area contributed by atoms with E-state index in [1.54, 1.807) is 11.1 Å². The Bertz CT molecular complexity index is 602. The lowest BCUT2D eigenvalue weighted by Crippen LogP contribution is -2.38. The van der Waals surface area contributed by atoms with Crippen LogP contribution in [0.2, 0.25) is 5.02 Å². The van der Waals surface area contributed by atoms with Gasteiger partial charge in [0.25, 0.3) is 0 Å². The number of methoxy groups -OCH3 is 1. The van der Waals surface area contributed by atoms with E-state index in [-0.39, 0.29) is 18.6 Å². The van der Waals surface area contributed by atoms with Gasteiger partial charge < -0.3 is 9.64 Å². The molecule has 2 rings (SSSR count). The van der Waals surface area contributed by atoms with Gasteiger partial charge in [-0.25, -0.2) is 0 Å². The average molecular weight is 319 g/mol. The zero-order chi connectivity index (χ0) is 15.9. The van der Waals surface area contributed by atoms with Crippen molar-refractivity contribution in [1.82, 2.24) is 9.88 Å². The van der Waals surface area contributed by atoms with Crippen LogP contribution in [0.3, 0.4) is 0 Å². The lowest BCUT2D eigenvalue weighted by atomic mass is 10.0. The maximum absolute atomic E-state index is 12.4.